The molecule has 1 saturated heterocycles. The Morgan fingerprint density at radius 1 is 0.875 bits per heavy atom. The molecule has 0 N–H and O–H groups in total. The molecule has 0 spiro atoms. The van der Waals surface area contributed by atoms with Gasteiger partial charge in [0.25, 0.3) is 0 Å². The van der Waals surface area contributed by atoms with Crippen molar-refractivity contribution < 1.29 is 17.9 Å². The minimum absolute atomic E-state index is 0.0520. The largest absolute Gasteiger partial charge is 0.492 e. The topological polar surface area (TPSA) is 84.9 Å². The molecule has 8 nitrogen and oxygen atoms in total. The first-order valence-corrected chi connectivity index (χ1v) is 12.1. The van der Waals surface area contributed by atoms with Crippen molar-refractivity contribution in [3.63, 3.8) is 0 Å². The van der Waals surface area contributed by atoms with Crippen molar-refractivity contribution in [3.05, 3.63) is 72.6 Å². The molecule has 0 atom stereocenters. The van der Waals surface area contributed by atoms with Crippen LogP contribution in [0.4, 0.5) is 5.82 Å². The lowest BCUT2D eigenvalue weighted by molar-refractivity contribution is 0.331. The van der Waals surface area contributed by atoms with Crippen LogP contribution in [-0.4, -0.2) is 61.2 Å². The minimum atomic E-state index is -3.39. The number of ether oxygens (including phenoxy) is 2. The number of sulfonamides is 1. The number of aromatic nitrogens is 2. The smallest absolute Gasteiger partial charge is 0.224 e. The standard InChI is InChI=1S/C23H26N4O4S/c1-19-24-22(18-23(25-19)31-21-10-6-3-7-11-21)26-12-14-27(15-13-26)32(28,29)17-16-30-20-8-4-2-5-9-20/h2-11,18H,12-17H2,1H3. The van der Waals surface area contributed by atoms with Crippen LogP contribution in [0.5, 0.6) is 17.4 Å². The Hall–Kier alpha value is -3.17. The molecule has 1 aliphatic rings. The number of nitrogens with zero attached hydrogens (tertiary/aromatic N) is 4. The van der Waals surface area contributed by atoms with Gasteiger partial charge in [-0.1, -0.05) is 36.4 Å². The van der Waals surface area contributed by atoms with Crippen molar-refractivity contribution in [3.8, 4) is 17.4 Å². The summed E-state index contributed by atoms with van der Waals surface area (Å²) in [5, 5.41) is 0. The second-order valence-corrected chi connectivity index (χ2v) is 9.48. The molecule has 0 unspecified atom stereocenters. The highest BCUT2D eigenvalue weighted by molar-refractivity contribution is 7.89. The lowest BCUT2D eigenvalue weighted by atomic mass is 10.3. The van der Waals surface area contributed by atoms with E-state index in [1.807, 2.05) is 67.6 Å². The van der Waals surface area contributed by atoms with E-state index in [4.69, 9.17) is 9.47 Å². The predicted octanol–water partition coefficient (Wildman–Crippen LogP) is 3.11. The second-order valence-electron chi connectivity index (χ2n) is 7.39. The van der Waals surface area contributed by atoms with Gasteiger partial charge in [0.05, 0.1) is 5.75 Å². The van der Waals surface area contributed by atoms with E-state index in [0.29, 0.717) is 49.4 Å². The molecule has 0 aliphatic carbocycles. The summed E-state index contributed by atoms with van der Waals surface area (Å²) in [6, 6.07) is 20.5. The van der Waals surface area contributed by atoms with Crippen LogP contribution in [0, 0.1) is 6.92 Å². The van der Waals surface area contributed by atoms with Crippen LogP contribution in [0.3, 0.4) is 0 Å². The van der Waals surface area contributed by atoms with E-state index in [0.717, 1.165) is 5.82 Å². The maximum atomic E-state index is 12.7. The summed E-state index contributed by atoms with van der Waals surface area (Å²) in [6.45, 7) is 3.81. The number of benzene rings is 2. The number of anilines is 1. The van der Waals surface area contributed by atoms with E-state index in [2.05, 4.69) is 14.9 Å². The first kappa shape index (κ1) is 22.0. The molecular weight excluding hydrogens is 428 g/mol. The van der Waals surface area contributed by atoms with Gasteiger partial charge in [-0.25, -0.2) is 13.4 Å². The molecule has 1 fully saturated rings. The number of hydrogen-bond acceptors (Lipinski definition) is 7. The van der Waals surface area contributed by atoms with Gasteiger partial charge >= 0.3 is 0 Å². The van der Waals surface area contributed by atoms with Gasteiger partial charge in [0.2, 0.25) is 15.9 Å². The van der Waals surface area contributed by atoms with Gasteiger partial charge in [-0.05, 0) is 31.2 Å². The molecule has 3 aromatic rings. The fourth-order valence-electron chi connectivity index (χ4n) is 3.45. The van der Waals surface area contributed by atoms with E-state index in [9.17, 15) is 8.42 Å². The Morgan fingerprint density at radius 2 is 1.50 bits per heavy atom. The minimum Gasteiger partial charge on any atom is -0.492 e. The lowest BCUT2D eigenvalue weighted by Crippen LogP contribution is -2.50. The number of piperazine rings is 1. The Kier molecular flexibility index (Phi) is 6.87. The van der Waals surface area contributed by atoms with Crippen LogP contribution in [0.2, 0.25) is 0 Å². The summed E-state index contributed by atoms with van der Waals surface area (Å²) in [7, 11) is -3.39. The third-order valence-corrected chi connectivity index (χ3v) is 6.91. The maximum absolute atomic E-state index is 12.7. The lowest BCUT2D eigenvalue weighted by Gasteiger charge is -2.34. The quantitative estimate of drug-likeness (QED) is 0.517. The van der Waals surface area contributed by atoms with Gasteiger partial charge in [0.15, 0.2) is 0 Å². The Labute approximate surface area is 188 Å². The van der Waals surface area contributed by atoms with Gasteiger partial charge in [-0.2, -0.15) is 9.29 Å². The molecule has 1 aromatic heterocycles. The summed E-state index contributed by atoms with van der Waals surface area (Å²) < 4.78 is 38.3. The molecule has 9 heteroatoms. The molecule has 168 valence electrons. The van der Waals surface area contributed by atoms with Crippen LogP contribution in [-0.2, 0) is 10.0 Å². The van der Waals surface area contributed by atoms with Crippen molar-refractivity contribution in [1.29, 1.82) is 0 Å². The van der Waals surface area contributed by atoms with Gasteiger partial charge in [0.1, 0.15) is 29.7 Å². The van der Waals surface area contributed by atoms with E-state index in [1.165, 1.54) is 4.31 Å². The third kappa shape index (κ3) is 5.74. The predicted molar refractivity (Wildman–Crippen MR) is 123 cm³/mol. The van der Waals surface area contributed by atoms with Gasteiger partial charge in [0, 0.05) is 32.2 Å². The SMILES string of the molecule is Cc1nc(Oc2ccccc2)cc(N2CCN(S(=O)(=O)CCOc3ccccc3)CC2)n1. The van der Waals surface area contributed by atoms with E-state index in [1.54, 1.807) is 6.07 Å². The fraction of sp³-hybridized carbons (Fsp3) is 0.304. The summed E-state index contributed by atoms with van der Waals surface area (Å²) in [4.78, 5) is 10.9. The van der Waals surface area contributed by atoms with Crippen LogP contribution in [0.15, 0.2) is 66.7 Å². The first-order chi connectivity index (χ1) is 15.5. The van der Waals surface area contributed by atoms with E-state index >= 15 is 0 Å². The molecular formula is C23H26N4O4S. The molecule has 1 aliphatic heterocycles. The van der Waals surface area contributed by atoms with Crippen molar-refractivity contribution in [2.24, 2.45) is 0 Å². The normalized spacial score (nSPS) is 14.8. The number of rotatable bonds is 8. The molecule has 32 heavy (non-hydrogen) atoms. The Balaban J connectivity index is 1.34. The average Bonchev–Trinajstić information content (AvgIpc) is 2.80. The fourth-order valence-corrected chi connectivity index (χ4v) is 4.73. The summed E-state index contributed by atoms with van der Waals surface area (Å²) >= 11 is 0. The number of hydrogen-bond donors (Lipinski definition) is 0. The maximum Gasteiger partial charge on any atom is 0.224 e. The molecule has 0 saturated carbocycles. The highest BCUT2D eigenvalue weighted by Crippen LogP contribution is 2.24. The zero-order valence-electron chi connectivity index (χ0n) is 17.9. The molecule has 4 rings (SSSR count). The van der Waals surface area contributed by atoms with Crippen LogP contribution >= 0.6 is 0 Å². The van der Waals surface area contributed by atoms with Crippen LogP contribution < -0.4 is 14.4 Å². The summed E-state index contributed by atoms with van der Waals surface area (Å²) in [5.41, 5.74) is 0. The van der Waals surface area contributed by atoms with Crippen molar-refractivity contribution in [2.75, 3.05) is 43.4 Å². The Morgan fingerprint density at radius 3 is 2.16 bits per heavy atom. The molecule has 0 amide bonds. The Bertz CT molecular complexity index is 1120. The average molecular weight is 455 g/mol. The van der Waals surface area contributed by atoms with Gasteiger partial charge in [-0.3, -0.25) is 0 Å². The van der Waals surface area contributed by atoms with Crippen molar-refractivity contribution >= 4 is 15.8 Å². The van der Waals surface area contributed by atoms with Crippen LogP contribution in [0.25, 0.3) is 0 Å². The molecule has 0 radical (unpaired) electrons. The number of aryl methyl sites for hydroxylation is 1. The first-order valence-electron chi connectivity index (χ1n) is 10.5. The van der Waals surface area contributed by atoms with Crippen molar-refractivity contribution in [1.82, 2.24) is 14.3 Å². The summed E-state index contributed by atoms with van der Waals surface area (Å²) in [5.74, 6) is 3.11. The van der Waals surface area contributed by atoms with Crippen LogP contribution in [0.1, 0.15) is 5.82 Å². The monoisotopic (exact) mass is 454 g/mol. The van der Waals surface area contributed by atoms with Crippen molar-refractivity contribution in [2.45, 2.75) is 6.92 Å². The molecule has 2 aromatic carbocycles. The third-order valence-electron chi connectivity index (χ3n) is 5.08. The highest BCUT2D eigenvalue weighted by atomic mass is 32.2. The zero-order chi connectivity index (χ0) is 22.4. The highest BCUT2D eigenvalue weighted by Gasteiger charge is 2.27. The molecule has 0 bridgehead atoms. The number of para-hydroxylation sites is 2. The van der Waals surface area contributed by atoms with Gasteiger partial charge in [-0.15, -0.1) is 0 Å². The van der Waals surface area contributed by atoms with E-state index in [-0.39, 0.29) is 12.4 Å². The summed E-state index contributed by atoms with van der Waals surface area (Å²) in [6.07, 6.45) is 0. The van der Waals surface area contributed by atoms with E-state index < -0.39 is 10.0 Å². The zero-order valence-corrected chi connectivity index (χ0v) is 18.7. The second kappa shape index (κ2) is 9.97. The molecule has 2 heterocycles. The van der Waals surface area contributed by atoms with Gasteiger partial charge < -0.3 is 14.4 Å².